The van der Waals surface area contributed by atoms with Gasteiger partial charge in [0.1, 0.15) is 0 Å². The predicted octanol–water partition coefficient (Wildman–Crippen LogP) is 0.476. The number of rotatable bonds is 3. The number of carboxylic acids is 1. The Labute approximate surface area is 152 Å². The van der Waals surface area contributed by atoms with Gasteiger partial charge in [0, 0.05) is 26.6 Å². The van der Waals surface area contributed by atoms with E-state index in [0.29, 0.717) is 32.8 Å². The summed E-state index contributed by atoms with van der Waals surface area (Å²) in [6.45, 7) is 3.44. The highest BCUT2D eigenvalue weighted by Gasteiger charge is 2.34. The highest BCUT2D eigenvalue weighted by Crippen LogP contribution is 2.13. The first kappa shape index (κ1) is 19.7. The summed E-state index contributed by atoms with van der Waals surface area (Å²) in [6, 6.07) is 9.83. The van der Waals surface area contributed by atoms with Crippen LogP contribution in [0.2, 0.25) is 0 Å². The molecule has 8 heteroatoms. The van der Waals surface area contributed by atoms with Gasteiger partial charge in [-0.25, -0.2) is 4.79 Å². The van der Waals surface area contributed by atoms with Gasteiger partial charge in [0.15, 0.2) is 0 Å². The fourth-order valence-corrected chi connectivity index (χ4v) is 2.87. The summed E-state index contributed by atoms with van der Waals surface area (Å²) in [7, 11) is 0. The van der Waals surface area contributed by atoms with Gasteiger partial charge in [-0.1, -0.05) is 30.3 Å². The van der Waals surface area contributed by atoms with Crippen molar-refractivity contribution in [3.8, 4) is 0 Å². The third-order valence-corrected chi connectivity index (χ3v) is 4.06. The molecule has 0 aromatic heterocycles. The Balaban J connectivity index is 0.000000552. The maximum atomic E-state index is 12.3. The smallest absolute Gasteiger partial charge is 0.317 e. The van der Waals surface area contributed by atoms with E-state index < -0.39 is 5.97 Å². The van der Waals surface area contributed by atoms with Crippen LogP contribution in [0.15, 0.2) is 30.3 Å². The molecule has 3 amide bonds. The number of hydrogen-bond acceptors (Lipinski definition) is 4. The maximum absolute atomic E-state index is 12.3. The number of fused-ring (bicyclic) bond motifs is 3. The molecule has 142 valence electrons. The third kappa shape index (κ3) is 6.36. The quantitative estimate of drug-likeness (QED) is 0.724. The van der Waals surface area contributed by atoms with Crippen LogP contribution < -0.4 is 10.6 Å². The number of amides is 3. The fraction of sp³-hybridized carbons (Fsp3) is 0.500. The first-order valence-corrected chi connectivity index (χ1v) is 8.60. The van der Waals surface area contributed by atoms with E-state index in [1.165, 1.54) is 5.56 Å². The molecule has 0 spiro atoms. The molecular formula is C18H25N3O5. The number of carbonyl (C=O) groups is 3. The van der Waals surface area contributed by atoms with Crippen LogP contribution in [0.3, 0.4) is 0 Å². The van der Waals surface area contributed by atoms with E-state index in [1.807, 2.05) is 30.3 Å². The van der Waals surface area contributed by atoms with E-state index in [1.54, 1.807) is 4.90 Å². The normalized spacial score (nSPS) is 21.6. The number of nitrogens with zero attached hydrogens (tertiary/aromatic N) is 1. The standard InChI is InChI=1S/C16H21N3O3.C2H4O2/c20-15-13-8-19(9-14(18-15)11-22-10-13)16(21)17-7-6-12-4-2-1-3-5-12;1-2(3)4/h1-5,13-14H,6-11H2,(H,17,21)(H,18,20);1H3,(H,3,4)/t13-,14+;/m1./s1. The van der Waals surface area contributed by atoms with Crippen molar-refractivity contribution in [2.45, 2.75) is 19.4 Å². The molecule has 0 unspecified atom stereocenters. The Hall–Kier alpha value is -2.61. The van der Waals surface area contributed by atoms with Crippen LogP contribution in [0, 0.1) is 5.92 Å². The Morgan fingerprint density at radius 2 is 1.96 bits per heavy atom. The van der Waals surface area contributed by atoms with Gasteiger partial charge < -0.3 is 25.4 Å². The summed E-state index contributed by atoms with van der Waals surface area (Å²) >= 11 is 0. The monoisotopic (exact) mass is 363 g/mol. The Kier molecular flexibility index (Phi) is 7.40. The summed E-state index contributed by atoms with van der Waals surface area (Å²) in [5, 5.41) is 13.3. The minimum Gasteiger partial charge on any atom is -0.481 e. The van der Waals surface area contributed by atoms with Crippen LogP contribution in [0.4, 0.5) is 4.79 Å². The van der Waals surface area contributed by atoms with Gasteiger partial charge in [0.25, 0.3) is 5.97 Å². The van der Waals surface area contributed by atoms with E-state index in [4.69, 9.17) is 14.6 Å². The van der Waals surface area contributed by atoms with Gasteiger partial charge in [-0.15, -0.1) is 0 Å². The van der Waals surface area contributed by atoms with Crippen molar-refractivity contribution in [1.29, 1.82) is 0 Å². The molecule has 26 heavy (non-hydrogen) atoms. The molecule has 2 atom stereocenters. The molecule has 3 N–H and O–H groups in total. The van der Waals surface area contributed by atoms with Crippen LogP contribution in [0.1, 0.15) is 12.5 Å². The molecule has 1 aromatic carbocycles. The third-order valence-electron chi connectivity index (χ3n) is 4.06. The molecule has 1 aromatic rings. The number of hydrogen-bond donors (Lipinski definition) is 3. The van der Waals surface area contributed by atoms with Crippen LogP contribution in [-0.2, 0) is 20.7 Å². The van der Waals surface area contributed by atoms with Crippen LogP contribution in [0.5, 0.6) is 0 Å². The zero-order valence-corrected chi connectivity index (χ0v) is 14.8. The first-order valence-electron chi connectivity index (χ1n) is 8.60. The topological polar surface area (TPSA) is 108 Å². The molecule has 2 aliphatic heterocycles. The van der Waals surface area contributed by atoms with Crippen molar-refractivity contribution >= 4 is 17.9 Å². The van der Waals surface area contributed by atoms with E-state index in [0.717, 1.165) is 13.3 Å². The molecule has 3 rings (SSSR count). The van der Waals surface area contributed by atoms with Gasteiger partial charge in [0.05, 0.1) is 25.2 Å². The second-order valence-electron chi connectivity index (χ2n) is 6.33. The van der Waals surface area contributed by atoms with Crippen molar-refractivity contribution in [2.75, 3.05) is 32.8 Å². The molecule has 2 aliphatic rings. The van der Waals surface area contributed by atoms with E-state index in [2.05, 4.69) is 10.6 Å². The summed E-state index contributed by atoms with van der Waals surface area (Å²) < 4.78 is 5.46. The number of nitrogens with one attached hydrogen (secondary N) is 2. The van der Waals surface area contributed by atoms with Gasteiger partial charge in [-0.3, -0.25) is 9.59 Å². The van der Waals surface area contributed by atoms with Crippen molar-refractivity contribution in [3.63, 3.8) is 0 Å². The highest BCUT2D eigenvalue weighted by molar-refractivity contribution is 5.82. The van der Waals surface area contributed by atoms with Gasteiger partial charge in [-0.2, -0.15) is 0 Å². The van der Waals surface area contributed by atoms with Crippen molar-refractivity contribution in [2.24, 2.45) is 5.92 Å². The average Bonchev–Trinajstić information content (AvgIpc) is 2.83. The molecule has 2 saturated heterocycles. The largest absolute Gasteiger partial charge is 0.481 e. The highest BCUT2D eigenvalue weighted by atomic mass is 16.5. The molecule has 0 aliphatic carbocycles. The van der Waals surface area contributed by atoms with E-state index in [9.17, 15) is 9.59 Å². The minimum absolute atomic E-state index is 0.0120. The molecule has 2 bridgehead atoms. The lowest BCUT2D eigenvalue weighted by molar-refractivity contribution is -0.134. The number of aliphatic carboxylic acids is 1. The maximum Gasteiger partial charge on any atom is 0.317 e. The van der Waals surface area contributed by atoms with Crippen LogP contribution >= 0.6 is 0 Å². The Bertz CT molecular complexity index is 619. The second-order valence-corrected chi connectivity index (χ2v) is 6.33. The number of carboxylic acid groups (broad SMARTS) is 1. The second kappa shape index (κ2) is 9.76. The number of urea groups is 1. The first-order chi connectivity index (χ1) is 12.5. The van der Waals surface area contributed by atoms with E-state index in [-0.39, 0.29) is 23.9 Å². The Morgan fingerprint density at radius 1 is 1.27 bits per heavy atom. The fourth-order valence-electron chi connectivity index (χ4n) is 2.87. The van der Waals surface area contributed by atoms with Gasteiger partial charge in [0.2, 0.25) is 5.91 Å². The lowest BCUT2D eigenvalue weighted by Gasteiger charge is -2.27. The molecule has 0 radical (unpaired) electrons. The zero-order valence-electron chi connectivity index (χ0n) is 14.8. The lowest BCUT2D eigenvalue weighted by atomic mass is 10.1. The SMILES string of the molecule is CC(=O)O.O=C1N[C@@H]2COC[C@H]1CN(C(=O)NCCc1ccccc1)C2. The summed E-state index contributed by atoms with van der Waals surface area (Å²) in [4.78, 5) is 35.0. The van der Waals surface area contributed by atoms with Crippen molar-refractivity contribution in [3.05, 3.63) is 35.9 Å². The molecule has 2 fully saturated rings. The summed E-state index contributed by atoms with van der Waals surface area (Å²) in [6.07, 6.45) is 0.799. The van der Waals surface area contributed by atoms with E-state index >= 15 is 0 Å². The number of benzene rings is 1. The number of ether oxygens (including phenoxy) is 1. The number of carbonyl (C=O) groups excluding carboxylic acids is 2. The Morgan fingerprint density at radius 3 is 2.65 bits per heavy atom. The summed E-state index contributed by atoms with van der Waals surface area (Å²) in [5.74, 6) is -1.12. The molecule has 0 saturated carbocycles. The van der Waals surface area contributed by atoms with Crippen molar-refractivity contribution < 1.29 is 24.2 Å². The van der Waals surface area contributed by atoms with Gasteiger partial charge >= 0.3 is 6.03 Å². The van der Waals surface area contributed by atoms with Gasteiger partial charge in [-0.05, 0) is 12.0 Å². The average molecular weight is 363 g/mol. The molecular weight excluding hydrogens is 338 g/mol. The molecule has 2 heterocycles. The minimum atomic E-state index is -0.833. The summed E-state index contributed by atoms with van der Waals surface area (Å²) in [5.41, 5.74) is 1.20. The van der Waals surface area contributed by atoms with Crippen molar-refractivity contribution in [1.82, 2.24) is 15.5 Å². The van der Waals surface area contributed by atoms with Crippen LogP contribution in [-0.4, -0.2) is 66.8 Å². The predicted molar refractivity (Wildman–Crippen MR) is 94.7 cm³/mol. The lowest BCUT2D eigenvalue weighted by Crippen LogP contribution is -2.48. The molecule has 8 nitrogen and oxygen atoms in total. The van der Waals surface area contributed by atoms with Crippen LogP contribution in [0.25, 0.3) is 0 Å². The zero-order chi connectivity index (χ0) is 18.9.